The Kier molecular flexibility index (Phi) is 7.84. The average molecular weight is 386 g/mol. The normalized spacial score (nSPS) is 11.2. The first-order valence-electron chi connectivity index (χ1n) is 9.92. The van der Waals surface area contributed by atoms with E-state index in [1.54, 1.807) is 25.4 Å². The first-order chi connectivity index (χ1) is 13.3. The minimum absolute atomic E-state index is 0.0274. The molecule has 0 fully saturated rings. The van der Waals surface area contributed by atoms with Gasteiger partial charge in [-0.2, -0.15) is 0 Å². The van der Waals surface area contributed by atoms with Crippen molar-refractivity contribution in [2.75, 3.05) is 13.1 Å². The second-order valence-electron chi connectivity index (χ2n) is 7.97. The van der Waals surface area contributed by atoms with Gasteiger partial charge in [0.1, 0.15) is 0 Å². The molecule has 2 aromatic rings. The minimum atomic E-state index is -0.309. The standard InChI is InChI=1S/C21H31N5O2/c1-14(2)7-11-26(12-8-15(3)4)18(27)13-17-16(5)24-20(25-21(17)28)19-22-9-6-10-23-19/h6,9-10,14-15H,7-8,11-13H2,1-5H3,(H,24,25,28). The molecule has 1 N–H and O–H groups in total. The molecule has 0 saturated heterocycles. The summed E-state index contributed by atoms with van der Waals surface area (Å²) in [5, 5.41) is 0. The molecule has 152 valence electrons. The highest BCUT2D eigenvalue weighted by atomic mass is 16.2. The van der Waals surface area contributed by atoms with Gasteiger partial charge in [-0.1, -0.05) is 27.7 Å². The van der Waals surface area contributed by atoms with Gasteiger partial charge in [0.25, 0.3) is 5.56 Å². The number of aromatic amines is 1. The lowest BCUT2D eigenvalue weighted by Gasteiger charge is -2.24. The molecule has 0 atom stereocenters. The maximum Gasteiger partial charge on any atom is 0.255 e. The Morgan fingerprint density at radius 3 is 2.14 bits per heavy atom. The predicted octanol–water partition coefficient (Wildman–Crippen LogP) is 3.00. The van der Waals surface area contributed by atoms with Crippen molar-refractivity contribution in [2.45, 2.75) is 53.9 Å². The molecule has 7 heteroatoms. The fourth-order valence-electron chi connectivity index (χ4n) is 2.80. The van der Waals surface area contributed by atoms with Gasteiger partial charge in [-0.15, -0.1) is 0 Å². The van der Waals surface area contributed by atoms with Crippen LogP contribution in [0.2, 0.25) is 0 Å². The number of hydrogen-bond donors (Lipinski definition) is 1. The third-order valence-electron chi connectivity index (χ3n) is 4.63. The fourth-order valence-corrected chi connectivity index (χ4v) is 2.80. The lowest BCUT2D eigenvalue weighted by molar-refractivity contribution is -0.130. The van der Waals surface area contributed by atoms with Gasteiger partial charge in [-0.25, -0.2) is 15.0 Å². The molecule has 0 aromatic carbocycles. The summed E-state index contributed by atoms with van der Waals surface area (Å²) in [7, 11) is 0. The molecule has 0 bridgehead atoms. The molecule has 2 heterocycles. The number of aromatic nitrogens is 4. The van der Waals surface area contributed by atoms with Crippen LogP contribution in [0.1, 0.15) is 51.8 Å². The summed E-state index contributed by atoms with van der Waals surface area (Å²) >= 11 is 0. The molecule has 7 nitrogen and oxygen atoms in total. The number of rotatable bonds is 9. The molecule has 0 aliphatic carbocycles. The predicted molar refractivity (Wildman–Crippen MR) is 110 cm³/mol. The van der Waals surface area contributed by atoms with E-state index in [0.29, 0.717) is 47.8 Å². The highest BCUT2D eigenvalue weighted by molar-refractivity contribution is 5.79. The van der Waals surface area contributed by atoms with E-state index in [1.165, 1.54) is 0 Å². The number of aryl methyl sites for hydroxylation is 1. The van der Waals surface area contributed by atoms with E-state index in [-0.39, 0.29) is 17.9 Å². The van der Waals surface area contributed by atoms with Crippen LogP contribution >= 0.6 is 0 Å². The highest BCUT2D eigenvalue weighted by Crippen LogP contribution is 2.12. The van der Waals surface area contributed by atoms with Crippen LogP contribution in [0.15, 0.2) is 23.3 Å². The van der Waals surface area contributed by atoms with Crippen molar-refractivity contribution < 1.29 is 4.79 Å². The third kappa shape index (κ3) is 6.25. The zero-order valence-corrected chi connectivity index (χ0v) is 17.5. The van der Waals surface area contributed by atoms with Crippen LogP contribution in [0.5, 0.6) is 0 Å². The van der Waals surface area contributed by atoms with Crippen molar-refractivity contribution in [3.8, 4) is 11.6 Å². The first-order valence-corrected chi connectivity index (χ1v) is 9.92. The summed E-state index contributed by atoms with van der Waals surface area (Å²) in [4.78, 5) is 42.8. The smallest absolute Gasteiger partial charge is 0.255 e. The summed E-state index contributed by atoms with van der Waals surface area (Å²) in [6.07, 6.45) is 5.14. The Morgan fingerprint density at radius 2 is 1.64 bits per heavy atom. The van der Waals surface area contributed by atoms with Gasteiger partial charge in [-0.3, -0.25) is 9.59 Å². The van der Waals surface area contributed by atoms with Gasteiger partial charge in [0, 0.05) is 36.7 Å². The lowest BCUT2D eigenvalue weighted by atomic mass is 10.1. The van der Waals surface area contributed by atoms with Crippen molar-refractivity contribution in [3.05, 3.63) is 40.1 Å². The summed E-state index contributed by atoms with van der Waals surface area (Å²) < 4.78 is 0. The molecule has 0 saturated carbocycles. The molecule has 0 radical (unpaired) electrons. The molecule has 0 unspecified atom stereocenters. The number of H-pyrrole nitrogens is 1. The Hall–Kier alpha value is -2.57. The van der Waals surface area contributed by atoms with Crippen LogP contribution in [0.4, 0.5) is 0 Å². The number of carbonyl (C=O) groups is 1. The van der Waals surface area contributed by atoms with Crippen LogP contribution in [0.25, 0.3) is 11.6 Å². The number of carbonyl (C=O) groups excluding carboxylic acids is 1. The van der Waals surface area contributed by atoms with Crippen LogP contribution in [-0.4, -0.2) is 43.8 Å². The average Bonchev–Trinajstić information content (AvgIpc) is 2.64. The molecule has 2 rings (SSSR count). The Morgan fingerprint density at radius 1 is 1.07 bits per heavy atom. The van der Waals surface area contributed by atoms with Gasteiger partial charge in [0.05, 0.1) is 6.42 Å². The van der Waals surface area contributed by atoms with Crippen molar-refractivity contribution in [1.82, 2.24) is 24.8 Å². The van der Waals surface area contributed by atoms with E-state index in [9.17, 15) is 9.59 Å². The molecule has 0 spiro atoms. The lowest BCUT2D eigenvalue weighted by Crippen LogP contribution is -2.36. The second kappa shape index (κ2) is 10.1. The summed E-state index contributed by atoms with van der Waals surface area (Å²) in [6, 6.07) is 1.70. The van der Waals surface area contributed by atoms with Gasteiger partial charge >= 0.3 is 0 Å². The van der Waals surface area contributed by atoms with Crippen molar-refractivity contribution in [2.24, 2.45) is 11.8 Å². The summed E-state index contributed by atoms with van der Waals surface area (Å²) in [5.74, 6) is 1.69. The summed E-state index contributed by atoms with van der Waals surface area (Å²) in [5.41, 5.74) is 0.631. The highest BCUT2D eigenvalue weighted by Gasteiger charge is 2.19. The number of nitrogens with zero attached hydrogens (tertiary/aromatic N) is 4. The first kappa shape index (κ1) is 21.7. The largest absolute Gasteiger partial charge is 0.342 e. The molecular weight excluding hydrogens is 354 g/mol. The zero-order valence-electron chi connectivity index (χ0n) is 17.5. The molecular formula is C21H31N5O2. The van der Waals surface area contributed by atoms with Crippen molar-refractivity contribution >= 4 is 5.91 Å². The van der Waals surface area contributed by atoms with Crippen molar-refractivity contribution in [1.29, 1.82) is 0 Å². The second-order valence-corrected chi connectivity index (χ2v) is 7.97. The molecule has 0 aliphatic rings. The van der Waals surface area contributed by atoms with E-state index >= 15 is 0 Å². The van der Waals surface area contributed by atoms with Crippen LogP contribution in [-0.2, 0) is 11.2 Å². The van der Waals surface area contributed by atoms with E-state index < -0.39 is 0 Å². The molecule has 1 amide bonds. The maximum absolute atomic E-state index is 12.9. The Balaban J connectivity index is 2.19. The van der Waals surface area contributed by atoms with E-state index in [0.717, 1.165) is 12.8 Å². The maximum atomic E-state index is 12.9. The fraction of sp³-hybridized carbons (Fsp3) is 0.571. The quantitative estimate of drug-likeness (QED) is 0.716. The SMILES string of the molecule is Cc1nc(-c2ncccn2)[nH]c(=O)c1CC(=O)N(CCC(C)C)CCC(C)C. The Bertz CT molecular complexity index is 818. The van der Waals surface area contributed by atoms with Gasteiger partial charge in [-0.05, 0) is 37.7 Å². The molecule has 0 aliphatic heterocycles. The number of nitrogens with one attached hydrogen (secondary N) is 1. The molecule has 28 heavy (non-hydrogen) atoms. The van der Waals surface area contributed by atoms with E-state index in [4.69, 9.17) is 0 Å². The minimum Gasteiger partial charge on any atom is -0.342 e. The number of hydrogen-bond acceptors (Lipinski definition) is 5. The monoisotopic (exact) mass is 385 g/mol. The third-order valence-corrected chi connectivity index (χ3v) is 4.63. The van der Waals surface area contributed by atoms with Crippen LogP contribution in [0.3, 0.4) is 0 Å². The van der Waals surface area contributed by atoms with Crippen LogP contribution in [0, 0.1) is 18.8 Å². The van der Waals surface area contributed by atoms with E-state index in [2.05, 4.69) is 47.6 Å². The number of amides is 1. The Labute approximate surface area is 166 Å². The topological polar surface area (TPSA) is 91.8 Å². The van der Waals surface area contributed by atoms with E-state index in [1.807, 2.05) is 4.90 Å². The zero-order chi connectivity index (χ0) is 20.7. The van der Waals surface area contributed by atoms with Gasteiger partial charge in [0.15, 0.2) is 11.6 Å². The van der Waals surface area contributed by atoms with Gasteiger partial charge in [0.2, 0.25) is 5.91 Å². The van der Waals surface area contributed by atoms with Crippen molar-refractivity contribution in [3.63, 3.8) is 0 Å². The molecule has 2 aromatic heterocycles. The van der Waals surface area contributed by atoms with Gasteiger partial charge < -0.3 is 9.88 Å². The van der Waals surface area contributed by atoms with Crippen LogP contribution < -0.4 is 5.56 Å². The summed E-state index contributed by atoms with van der Waals surface area (Å²) in [6.45, 7) is 11.8.